The van der Waals surface area contributed by atoms with Gasteiger partial charge in [0.05, 0.1) is 12.4 Å². The molecular formula is C15H18N2O4. The highest BCUT2D eigenvalue weighted by Gasteiger charge is 2.13. The minimum absolute atomic E-state index is 0.0349. The van der Waals surface area contributed by atoms with Crippen LogP contribution >= 0.6 is 0 Å². The van der Waals surface area contributed by atoms with Gasteiger partial charge >= 0.3 is 5.97 Å². The first-order chi connectivity index (χ1) is 10.1. The first kappa shape index (κ1) is 15.1. The fourth-order valence-electron chi connectivity index (χ4n) is 1.88. The number of carboxylic acids is 1. The number of ether oxygens (including phenoxy) is 1. The van der Waals surface area contributed by atoms with Crippen molar-refractivity contribution in [2.45, 2.75) is 33.0 Å². The van der Waals surface area contributed by atoms with Crippen LogP contribution in [-0.2, 0) is 13.1 Å². The Morgan fingerprint density at radius 2 is 2.14 bits per heavy atom. The van der Waals surface area contributed by atoms with Crippen molar-refractivity contribution >= 4 is 5.97 Å². The second-order valence-electron chi connectivity index (χ2n) is 4.82. The fraction of sp³-hybridized carbons (Fsp3) is 0.333. The first-order valence-corrected chi connectivity index (χ1v) is 6.69. The van der Waals surface area contributed by atoms with Crippen LogP contribution < -0.4 is 10.1 Å². The number of carboxylic acid groups (broad SMARTS) is 1. The normalized spacial score (nSPS) is 10.8. The van der Waals surface area contributed by atoms with E-state index in [4.69, 9.17) is 14.3 Å². The monoisotopic (exact) mass is 290 g/mol. The van der Waals surface area contributed by atoms with Gasteiger partial charge in [0.1, 0.15) is 0 Å². The molecule has 0 atom stereocenters. The molecule has 2 N–H and O–H groups in total. The molecule has 0 aromatic carbocycles. The molecule has 0 saturated carbocycles. The van der Waals surface area contributed by atoms with Crippen molar-refractivity contribution in [3.63, 3.8) is 0 Å². The number of nitrogens with zero attached hydrogens (tertiary/aromatic N) is 1. The third-order valence-electron chi connectivity index (χ3n) is 2.77. The zero-order valence-corrected chi connectivity index (χ0v) is 12.0. The van der Waals surface area contributed by atoms with E-state index < -0.39 is 5.97 Å². The van der Waals surface area contributed by atoms with Crippen LogP contribution in [0.15, 0.2) is 35.1 Å². The van der Waals surface area contributed by atoms with E-state index in [9.17, 15) is 4.79 Å². The Kier molecular flexibility index (Phi) is 4.94. The zero-order chi connectivity index (χ0) is 15.2. The largest absolute Gasteiger partial charge is 0.475 e. The summed E-state index contributed by atoms with van der Waals surface area (Å²) in [6.07, 6.45) is 3.10. The molecule has 6 nitrogen and oxygen atoms in total. The Balaban J connectivity index is 1.97. The van der Waals surface area contributed by atoms with Crippen LogP contribution in [0.3, 0.4) is 0 Å². The SMILES string of the molecule is CC(C)Oc1ncccc1CNCc1ccoc1C(=O)O. The molecule has 0 radical (unpaired) electrons. The van der Waals surface area contributed by atoms with E-state index in [1.165, 1.54) is 6.26 Å². The van der Waals surface area contributed by atoms with Crippen LogP contribution in [0.5, 0.6) is 5.88 Å². The summed E-state index contributed by atoms with van der Waals surface area (Å²) in [5.41, 5.74) is 1.53. The lowest BCUT2D eigenvalue weighted by atomic mass is 10.2. The summed E-state index contributed by atoms with van der Waals surface area (Å²) >= 11 is 0. The number of hydrogen-bond donors (Lipinski definition) is 2. The lowest BCUT2D eigenvalue weighted by Crippen LogP contribution is -2.16. The molecule has 2 heterocycles. The molecule has 0 bridgehead atoms. The van der Waals surface area contributed by atoms with Crippen LogP contribution in [0.1, 0.15) is 35.5 Å². The van der Waals surface area contributed by atoms with Gasteiger partial charge < -0.3 is 19.6 Å². The van der Waals surface area contributed by atoms with Gasteiger partial charge in [-0.1, -0.05) is 6.07 Å². The molecule has 0 aliphatic heterocycles. The number of nitrogens with one attached hydrogen (secondary N) is 1. The summed E-state index contributed by atoms with van der Waals surface area (Å²) in [5.74, 6) is -0.514. The summed E-state index contributed by atoms with van der Waals surface area (Å²) in [7, 11) is 0. The number of pyridine rings is 1. The van der Waals surface area contributed by atoms with Gasteiger partial charge in [-0.15, -0.1) is 0 Å². The van der Waals surface area contributed by atoms with E-state index in [-0.39, 0.29) is 11.9 Å². The molecule has 2 rings (SSSR count). The minimum Gasteiger partial charge on any atom is -0.475 e. The number of aromatic nitrogens is 1. The number of furan rings is 1. The average Bonchev–Trinajstić information content (AvgIpc) is 2.88. The van der Waals surface area contributed by atoms with E-state index in [1.807, 2.05) is 26.0 Å². The van der Waals surface area contributed by atoms with Gasteiger partial charge in [-0.25, -0.2) is 9.78 Å². The van der Waals surface area contributed by atoms with Gasteiger partial charge in [0.2, 0.25) is 11.6 Å². The fourth-order valence-corrected chi connectivity index (χ4v) is 1.88. The summed E-state index contributed by atoms with van der Waals surface area (Å²) in [5, 5.41) is 12.1. The molecule has 6 heteroatoms. The highest BCUT2D eigenvalue weighted by Crippen LogP contribution is 2.16. The van der Waals surface area contributed by atoms with Crippen LogP contribution in [0.2, 0.25) is 0 Å². The quantitative estimate of drug-likeness (QED) is 0.814. The van der Waals surface area contributed by atoms with Crippen molar-refractivity contribution in [3.8, 4) is 5.88 Å². The van der Waals surface area contributed by atoms with Crippen LogP contribution in [0.4, 0.5) is 0 Å². The highest BCUT2D eigenvalue weighted by atomic mass is 16.5. The predicted octanol–water partition coefficient (Wildman–Crippen LogP) is 2.45. The molecule has 0 saturated heterocycles. The molecule has 2 aromatic heterocycles. The van der Waals surface area contributed by atoms with E-state index in [0.717, 1.165) is 5.56 Å². The Labute approximate surface area is 122 Å². The number of rotatable bonds is 7. The third kappa shape index (κ3) is 4.06. The Morgan fingerprint density at radius 3 is 2.86 bits per heavy atom. The van der Waals surface area contributed by atoms with Crippen LogP contribution in [0.25, 0.3) is 0 Å². The molecule has 0 aliphatic carbocycles. The first-order valence-electron chi connectivity index (χ1n) is 6.69. The van der Waals surface area contributed by atoms with Crippen molar-refractivity contribution in [2.75, 3.05) is 0 Å². The average molecular weight is 290 g/mol. The predicted molar refractivity (Wildman–Crippen MR) is 76.2 cm³/mol. The third-order valence-corrected chi connectivity index (χ3v) is 2.77. The van der Waals surface area contributed by atoms with E-state index in [1.54, 1.807) is 12.3 Å². The standard InChI is InChI=1S/C15H18N2O4/c1-10(2)21-14-12(4-3-6-17-14)9-16-8-11-5-7-20-13(11)15(18)19/h3-7,10,16H,8-9H2,1-2H3,(H,18,19). The Morgan fingerprint density at radius 1 is 1.38 bits per heavy atom. The number of aromatic carboxylic acids is 1. The van der Waals surface area contributed by atoms with E-state index in [2.05, 4.69) is 10.3 Å². The van der Waals surface area contributed by atoms with Gasteiger partial charge in [-0.05, 0) is 26.0 Å². The van der Waals surface area contributed by atoms with Crippen molar-refractivity contribution in [2.24, 2.45) is 0 Å². The van der Waals surface area contributed by atoms with Crippen LogP contribution in [0, 0.1) is 0 Å². The number of carbonyl (C=O) groups is 1. The summed E-state index contributed by atoms with van der Waals surface area (Å²) in [6, 6.07) is 5.40. The lowest BCUT2D eigenvalue weighted by molar-refractivity contribution is 0.0660. The van der Waals surface area contributed by atoms with Gasteiger partial charge in [0.25, 0.3) is 0 Å². The maximum atomic E-state index is 10.9. The smallest absolute Gasteiger partial charge is 0.372 e. The van der Waals surface area contributed by atoms with Gasteiger partial charge in [-0.2, -0.15) is 0 Å². The van der Waals surface area contributed by atoms with Gasteiger partial charge in [0.15, 0.2) is 0 Å². The second kappa shape index (κ2) is 6.90. The molecule has 21 heavy (non-hydrogen) atoms. The van der Waals surface area contributed by atoms with Crippen molar-refractivity contribution in [1.82, 2.24) is 10.3 Å². The van der Waals surface area contributed by atoms with Crippen molar-refractivity contribution < 1.29 is 19.1 Å². The number of hydrogen-bond acceptors (Lipinski definition) is 5. The van der Waals surface area contributed by atoms with Crippen molar-refractivity contribution in [3.05, 3.63) is 47.5 Å². The molecule has 0 aliphatic rings. The molecule has 0 spiro atoms. The van der Waals surface area contributed by atoms with Crippen molar-refractivity contribution in [1.29, 1.82) is 0 Å². The maximum absolute atomic E-state index is 10.9. The molecule has 112 valence electrons. The summed E-state index contributed by atoms with van der Waals surface area (Å²) in [4.78, 5) is 15.1. The van der Waals surface area contributed by atoms with Gasteiger partial charge in [0, 0.05) is 30.4 Å². The highest BCUT2D eigenvalue weighted by molar-refractivity contribution is 5.86. The Hall–Kier alpha value is -2.34. The maximum Gasteiger partial charge on any atom is 0.372 e. The molecular weight excluding hydrogens is 272 g/mol. The topological polar surface area (TPSA) is 84.6 Å². The van der Waals surface area contributed by atoms with E-state index in [0.29, 0.717) is 24.5 Å². The molecule has 0 unspecified atom stereocenters. The molecule has 2 aromatic rings. The summed E-state index contributed by atoms with van der Waals surface area (Å²) in [6.45, 7) is 4.81. The summed E-state index contributed by atoms with van der Waals surface area (Å²) < 4.78 is 10.6. The van der Waals surface area contributed by atoms with E-state index >= 15 is 0 Å². The Bertz CT molecular complexity index is 607. The van der Waals surface area contributed by atoms with Gasteiger partial charge in [-0.3, -0.25) is 0 Å². The zero-order valence-electron chi connectivity index (χ0n) is 12.0. The molecule has 0 fully saturated rings. The molecule has 0 amide bonds. The van der Waals surface area contributed by atoms with Crippen LogP contribution in [-0.4, -0.2) is 22.2 Å². The second-order valence-corrected chi connectivity index (χ2v) is 4.82. The lowest BCUT2D eigenvalue weighted by Gasteiger charge is -2.13. The minimum atomic E-state index is -1.07.